The van der Waals surface area contributed by atoms with Gasteiger partial charge >= 0.3 is 0 Å². The monoisotopic (exact) mass is 256 g/mol. The number of rotatable bonds is 5. The van der Waals surface area contributed by atoms with E-state index in [-0.39, 0.29) is 6.04 Å². The molecule has 0 fully saturated rings. The van der Waals surface area contributed by atoms with Crippen molar-refractivity contribution in [2.75, 3.05) is 26.1 Å². The molecule has 102 valence electrons. The van der Waals surface area contributed by atoms with Crippen LogP contribution in [0.3, 0.4) is 0 Å². The van der Waals surface area contributed by atoms with Crippen molar-refractivity contribution >= 4 is 11.8 Å². The molecule has 0 spiro atoms. The fraction of sp³-hybridized carbons (Fsp3) is 0.600. The van der Waals surface area contributed by atoms with Gasteiger partial charge in [0.2, 0.25) is 11.8 Å². The molecule has 8 heteroatoms. The molecule has 8 nitrogen and oxygen atoms in total. The quantitative estimate of drug-likeness (QED) is 0.289. The van der Waals surface area contributed by atoms with Gasteiger partial charge in [-0.2, -0.15) is 5.10 Å². The fourth-order valence-electron chi connectivity index (χ4n) is 1.43. The molecule has 18 heavy (non-hydrogen) atoms. The maximum absolute atomic E-state index is 5.39. The molecule has 0 amide bonds. The Bertz CT molecular complexity index is 403. The van der Waals surface area contributed by atoms with Crippen molar-refractivity contribution in [2.24, 2.45) is 17.9 Å². The number of guanidine groups is 1. The zero-order valence-corrected chi connectivity index (χ0v) is 11.1. The van der Waals surface area contributed by atoms with Crippen molar-refractivity contribution < 1.29 is 9.47 Å². The largest absolute Gasteiger partial charge is 0.481 e. The van der Waals surface area contributed by atoms with Gasteiger partial charge in [0, 0.05) is 20.2 Å². The minimum Gasteiger partial charge on any atom is -0.481 e. The molecule has 0 saturated carbocycles. The Labute approximate surface area is 106 Å². The van der Waals surface area contributed by atoms with Crippen molar-refractivity contribution in [1.82, 2.24) is 15.2 Å². The molecule has 1 unspecified atom stereocenters. The summed E-state index contributed by atoms with van der Waals surface area (Å²) in [6.07, 6.45) is 0. The molecule has 1 atom stereocenters. The predicted octanol–water partition coefficient (Wildman–Crippen LogP) is -0.305. The second-order valence-corrected chi connectivity index (χ2v) is 3.75. The Balaban J connectivity index is 2.72. The Morgan fingerprint density at radius 3 is 2.83 bits per heavy atom. The average Bonchev–Trinajstić information content (AvgIpc) is 2.69. The van der Waals surface area contributed by atoms with E-state index in [2.05, 4.69) is 20.8 Å². The van der Waals surface area contributed by atoms with E-state index in [9.17, 15) is 0 Å². The molecule has 4 N–H and O–H groups in total. The van der Waals surface area contributed by atoms with E-state index in [4.69, 9.17) is 15.3 Å². The summed E-state index contributed by atoms with van der Waals surface area (Å²) in [5, 5.41) is 7.16. The van der Waals surface area contributed by atoms with Crippen LogP contribution in [-0.4, -0.2) is 42.6 Å². The summed E-state index contributed by atoms with van der Waals surface area (Å²) >= 11 is 0. The minimum absolute atomic E-state index is 0.0147. The standard InChI is InChI=1S/C10H20N6O2/c1-7(6-17-3)12-10(14-11)13-8-5-9(18-4)16(2)15-8/h5,7H,6,11H2,1-4H3,(H2,12,13,14,15). The first-order valence-electron chi connectivity index (χ1n) is 5.49. The highest BCUT2D eigenvalue weighted by molar-refractivity contribution is 5.92. The normalized spacial score (nSPS) is 13.3. The van der Waals surface area contributed by atoms with Gasteiger partial charge in [-0.3, -0.25) is 5.43 Å². The second kappa shape index (κ2) is 6.82. The Morgan fingerprint density at radius 1 is 1.61 bits per heavy atom. The van der Waals surface area contributed by atoms with E-state index >= 15 is 0 Å². The summed E-state index contributed by atoms with van der Waals surface area (Å²) in [6, 6.07) is 1.73. The number of hydrogen-bond donors (Lipinski definition) is 3. The first-order valence-corrected chi connectivity index (χ1v) is 5.49. The Kier molecular flexibility index (Phi) is 5.40. The first kappa shape index (κ1) is 14.3. The maximum atomic E-state index is 5.39. The lowest BCUT2D eigenvalue weighted by atomic mass is 10.4. The topological polar surface area (TPSA) is 98.7 Å². The molecule has 1 aromatic rings. The van der Waals surface area contributed by atoms with Gasteiger partial charge in [-0.1, -0.05) is 0 Å². The third-order valence-electron chi connectivity index (χ3n) is 2.19. The summed E-state index contributed by atoms with van der Waals surface area (Å²) in [5.41, 5.74) is 2.48. The average molecular weight is 256 g/mol. The molecular weight excluding hydrogens is 236 g/mol. The van der Waals surface area contributed by atoms with Crippen LogP contribution in [0.4, 0.5) is 5.82 Å². The van der Waals surface area contributed by atoms with Crippen molar-refractivity contribution in [3.8, 4) is 5.88 Å². The van der Waals surface area contributed by atoms with E-state index in [1.54, 1.807) is 32.0 Å². The van der Waals surface area contributed by atoms with Gasteiger partial charge in [0.15, 0.2) is 5.82 Å². The number of aryl methyl sites for hydroxylation is 1. The van der Waals surface area contributed by atoms with Crippen LogP contribution in [0.2, 0.25) is 0 Å². The zero-order chi connectivity index (χ0) is 13.5. The SMILES string of the molecule is COCC(C)N=C(NN)Nc1cc(OC)n(C)n1. The molecule has 1 aromatic heterocycles. The van der Waals surface area contributed by atoms with Crippen molar-refractivity contribution in [1.29, 1.82) is 0 Å². The molecule has 0 aromatic carbocycles. The number of nitrogens with one attached hydrogen (secondary N) is 2. The highest BCUT2D eigenvalue weighted by Gasteiger charge is 2.08. The third-order valence-corrected chi connectivity index (χ3v) is 2.19. The van der Waals surface area contributed by atoms with Crippen LogP contribution in [0.15, 0.2) is 11.1 Å². The highest BCUT2D eigenvalue weighted by Crippen LogP contribution is 2.14. The van der Waals surface area contributed by atoms with Crippen molar-refractivity contribution in [3.63, 3.8) is 0 Å². The van der Waals surface area contributed by atoms with E-state index in [0.717, 1.165) is 0 Å². The molecule has 0 aliphatic heterocycles. The molecular formula is C10H20N6O2. The van der Waals surface area contributed by atoms with Crippen LogP contribution in [0, 0.1) is 0 Å². The number of hydrazine groups is 1. The third kappa shape index (κ3) is 3.90. The van der Waals surface area contributed by atoms with Gasteiger partial charge in [0.1, 0.15) is 0 Å². The maximum Gasteiger partial charge on any atom is 0.213 e. The molecule has 0 bridgehead atoms. The molecule has 0 aliphatic rings. The predicted molar refractivity (Wildman–Crippen MR) is 69.5 cm³/mol. The number of aliphatic imine (C=N–C) groups is 1. The lowest BCUT2D eigenvalue weighted by molar-refractivity contribution is 0.185. The lowest BCUT2D eigenvalue weighted by Gasteiger charge is -2.10. The van der Waals surface area contributed by atoms with Gasteiger partial charge in [0.25, 0.3) is 0 Å². The van der Waals surface area contributed by atoms with Gasteiger partial charge in [0.05, 0.1) is 19.8 Å². The molecule has 0 radical (unpaired) electrons. The number of nitrogens with two attached hydrogens (primary N) is 1. The number of ether oxygens (including phenoxy) is 2. The number of methoxy groups -OCH3 is 2. The lowest BCUT2D eigenvalue weighted by Crippen LogP contribution is -2.37. The van der Waals surface area contributed by atoms with Crippen molar-refractivity contribution in [2.45, 2.75) is 13.0 Å². The Hall–Kier alpha value is -1.80. The number of aromatic nitrogens is 2. The first-order chi connectivity index (χ1) is 8.60. The number of anilines is 1. The molecule has 1 heterocycles. The van der Waals surface area contributed by atoms with E-state index in [0.29, 0.717) is 24.3 Å². The molecule has 0 saturated heterocycles. The smallest absolute Gasteiger partial charge is 0.213 e. The summed E-state index contributed by atoms with van der Waals surface area (Å²) < 4.78 is 11.7. The van der Waals surface area contributed by atoms with Gasteiger partial charge < -0.3 is 14.8 Å². The van der Waals surface area contributed by atoms with Crippen LogP contribution in [0.1, 0.15) is 6.92 Å². The van der Waals surface area contributed by atoms with E-state index < -0.39 is 0 Å². The molecule has 0 aliphatic carbocycles. The minimum atomic E-state index is -0.0147. The van der Waals surface area contributed by atoms with Crippen LogP contribution in [0.5, 0.6) is 5.88 Å². The molecule has 1 rings (SSSR count). The fourth-order valence-corrected chi connectivity index (χ4v) is 1.43. The summed E-state index contributed by atoms with van der Waals surface area (Å²) in [7, 11) is 4.99. The zero-order valence-electron chi connectivity index (χ0n) is 11.1. The van der Waals surface area contributed by atoms with Gasteiger partial charge in [-0.15, -0.1) is 0 Å². The van der Waals surface area contributed by atoms with Crippen LogP contribution < -0.4 is 21.3 Å². The second-order valence-electron chi connectivity index (χ2n) is 3.75. The van der Waals surface area contributed by atoms with Gasteiger partial charge in [-0.05, 0) is 6.92 Å². The number of hydrogen-bond acceptors (Lipinski definition) is 5. The van der Waals surface area contributed by atoms with Crippen LogP contribution >= 0.6 is 0 Å². The number of nitrogens with zero attached hydrogens (tertiary/aromatic N) is 3. The van der Waals surface area contributed by atoms with Gasteiger partial charge in [-0.25, -0.2) is 15.5 Å². The highest BCUT2D eigenvalue weighted by atomic mass is 16.5. The van der Waals surface area contributed by atoms with E-state index in [1.165, 1.54) is 0 Å². The van der Waals surface area contributed by atoms with Crippen molar-refractivity contribution in [3.05, 3.63) is 6.07 Å². The summed E-state index contributed by atoms with van der Waals surface area (Å²) in [5.74, 6) is 7.04. The van der Waals surface area contributed by atoms with E-state index in [1.807, 2.05) is 6.92 Å². The van der Waals surface area contributed by atoms with Crippen LogP contribution in [0.25, 0.3) is 0 Å². The summed E-state index contributed by atoms with van der Waals surface area (Å²) in [6.45, 7) is 2.43. The van der Waals surface area contributed by atoms with Crippen LogP contribution in [-0.2, 0) is 11.8 Å². The summed E-state index contributed by atoms with van der Waals surface area (Å²) in [4.78, 5) is 4.30. The Morgan fingerprint density at radius 2 is 2.33 bits per heavy atom.